The van der Waals surface area contributed by atoms with E-state index in [1.54, 1.807) is 12.5 Å². The summed E-state index contributed by atoms with van der Waals surface area (Å²) in [5.41, 5.74) is -0.0578. The second kappa shape index (κ2) is 7.53. The summed E-state index contributed by atoms with van der Waals surface area (Å²) in [6, 6.07) is 3.63. The summed E-state index contributed by atoms with van der Waals surface area (Å²) in [4.78, 5) is 20.7. The second-order valence-electron chi connectivity index (χ2n) is 6.22. The molecule has 2 atom stereocenters. The number of benzene rings is 1. The van der Waals surface area contributed by atoms with E-state index in [1.165, 1.54) is 23.6 Å². The third-order valence-corrected chi connectivity index (χ3v) is 5.19. The summed E-state index contributed by atoms with van der Waals surface area (Å²) in [5.74, 6) is -1.69. The third-order valence-electron chi connectivity index (χ3n) is 4.43. The summed E-state index contributed by atoms with van der Waals surface area (Å²) in [5, 5.41) is 4.48. The Balaban J connectivity index is 1.46. The first-order valence-corrected chi connectivity index (χ1v) is 9.28. The summed E-state index contributed by atoms with van der Waals surface area (Å²) in [7, 11) is 0. The molecule has 1 saturated heterocycles. The molecule has 0 aliphatic carbocycles. The number of aromatic nitrogens is 3. The number of carbonyl (C=O) groups excluding carboxylic acids is 1. The number of hydrogen-bond donors (Lipinski definition) is 1. The molecule has 1 amide bonds. The Bertz CT molecular complexity index is 925. The van der Waals surface area contributed by atoms with E-state index in [4.69, 9.17) is 4.74 Å². The van der Waals surface area contributed by atoms with Crippen molar-refractivity contribution in [3.05, 3.63) is 53.9 Å². The molecular formula is C18H16F2N4O2S. The van der Waals surface area contributed by atoms with Crippen molar-refractivity contribution in [1.29, 1.82) is 0 Å². The zero-order valence-electron chi connectivity index (χ0n) is 14.1. The Morgan fingerprint density at radius 1 is 1.37 bits per heavy atom. The quantitative estimate of drug-likeness (QED) is 0.726. The highest BCUT2D eigenvalue weighted by Crippen LogP contribution is 2.30. The van der Waals surface area contributed by atoms with Gasteiger partial charge in [0.2, 0.25) is 0 Å². The maximum absolute atomic E-state index is 13.9. The lowest BCUT2D eigenvalue weighted by atomic mass is 10.0. The standard InChI is InChI=1S/C18H16F2N4O2S/c19-12-2-1-3-13(20)15(12)14-9-27-18(22-14)23-17(25)16-11(4-7-26-16)8-24-6-5-21-10-24/h1-3,5-6,9-11,16H,4,7-8H2,(H,22,23,25)/t11-,16-/m0/s1. The van der Waals surface area contributed by atoms with Gasteiger partial charge in [0.15, 0.2) is 5.13 Å². The Morgan fingerprint density at radius 2 is 2.19 bits per heavy atom. The van der Waals surface area contributed by atoms with Gasteiger partial charge in [0.1, 0.15) is 17.7 Å². The van der Waals surface area contributed by atoms with Gasteiger partial charge in [0, 0.05) is 36.8 Å². The molecule has 1 aliphatic rings. The molecule has 0 bridgehead atoms. The highest BCUT2D eigenvalue weighted by Gasteiger charge is 2.34. The van der Waals surface area contributed by atoms with Crippen molar-refractivity contribution in [2.45, 2.75) is 19.1 Å². The molecule has 3 heterocycles. The lowest BCUT2D eigenvalue weighted by Crippen LogP contribution is -2.34. The van der Waals surface area contributed by atoms with Crippen molar-refractivity contribution in [3.8, 4) is 11.3 Å². The van der Waals surface area contributed by atoms with Crippen LogP contribution in [-0.2, 0) is 16.1 Å². The van der Waals surface area contributed by atoms with Gasteiger partial charge in [-0.05, 0) is 18.6 Å². The average Bonchev–Trinajstić information content (AvgIpc) is 3.37. The Labute approximate surface area is 157 Å². The molecule has 3 aromatic rings. The number of rotatable bonds is 5. The summed E-state index contributed by atoms with van der Waals surface area (Å²) < 4.78 is 35.3. The van der Waals surface area contributed by atoms with Gasteiger partial charge < -0.3 is 9.30 Å². The summed E-state index contributed by atoms with van der Waals surface area (Å²) in [6.45, 7) is 1.13. The van der Waals surface area contributed by atoms with Gasteiger partial charge >= 0.3 is 0 Å². The van der Waals surface area contributed by atoms with Crippen LogP contribution < -0.4 is 5.32 Å². The first kappa shape index (κ1) is 17.7. The van der Waals surface area contributed by atoms with Crippen LogP contribution in [0.3, 0.4) is 0 Å². The van der Waals surface area contributed by atoms with Gasteiger partial charge in [-0.1, -0.05) is 6.07 Å². The number of thiazole rings is 1. The van der Waals surface area contributed by atoms with Gasteiger partial charge in [-0.25, -0.2) is 18.7 Å². The fraction of sp³-hybridized carbons (Fsp3) is 0.278. The fourth-order valence-corrected chi connectivity index (χ4v) is 3.85. The number of nitrogens with one attached hydrogen (secondary N) is 1. The number of halogens is 2. The lowest BCUT2D eigenvalue weighted by Gasteiger charge is -2.17. The van der Waals surface area contributed by atoms with Crippen LogP contribution in [0, 0.1) is 17.6 Å². The maximum Gasteiger partial charge on any atom is 0.255 e. The van der Waals surface area contributed by atoms with Gasteiger partial charge in [-0.2, -0.15) is 0 Å². The number of hydrogen-bond acceptors (Lipinski definition) is 5. The fourth-order valence-electron chi connectivity index (χ4n) is 3.14. The molecule has 0 radical (unpaired) electrons. The number of ether oxygens (including phenoxy) is 1. The Kier molecular flexibility index (Phi) is 4.95. The number of anilines is 1. The summed E-state index contributed by atoms with van der Waals surface area (Å²) >= 11 is 1.11. The second-order valence-corrected chi connectivity index (χ2v) is 7.08. The van der Waals surface area contributed by atoms with E-state index in [2.05, 4.69) is 15.3 Å². The van der Waals surface area contributed by atoms with Crippen molar-refractivity contribution < 1.29 is 18.3 Å². The monoisotopic (exact) mass is 390 g/mol. The van der Waals surface area contributed by atoms with Crippen LogP contribution in [-0.4, -0.2) is 33.2 Å². The predicted octanol–water partition coefficient (Wildman–Crippen LogP) is 3.33. The minimum atomic E-state index is -0.697. The number of carbonyl (C=O) groups is 1. The molecule has 0 spiro atoms. The van der Waals surface area contributed by atoms with E-state index < -0.39 is 17.7 Å². The third kappa shape index (κ3) is 3.74. The van der Waals surface area contributed by atoms with Crippen molar-refractivity contribution in [2.75, 3.05) is 11.9 Å². The van der Waals surface area contributed by atoms with Crippen LogP contribution in [0.1, 0.15) is 6.42 Å². The van der Waals surface area contributed by atoms with E-state index >= 15 is 0 Å². The molecule has 6 nitrogen and oxygen atoms in total. The summed E-state index contributed by atoms with van der Waals surface area (Å²) in [6.07, 6.45) is 5.38. The molecule has 1 fully saturated rings. The van der Waals surface area contributed by atoms with E-state index in [0.29, 0.717) is 13.2 Å². The normalized spacial score (nSPS) is 19.3. The molecule has 4 rings (SSSR count). The Hall–Kier alpha value is -2.65. The van der Waals surface area contributed by atoms with Crippen LogP contribution in [0.5, 0.6) is 0 Å². The molecule has 9 heteroatoms. The van der Waals surface area contributed by atoms with Crippen molar-refractivity contribution in [1.82, 2.24) is 14.5 Å². The largest absolute Gasteiger partial charge is 0.368 e. The smallest absolute Gasteiger partial charge is 0.255 e. The Morgan fingerprint density at radius 3 is 2.93 bits per heavy atom. The van der Waals surface area contributed by atoms with Crippen molar-refractivity contribution >= 4 is 22.4 Å². The zero-order chi connectivity index (χ0) is 18.8. The molecule has 0 unspecified atom stereocenters. The SMILES string of the molecule is O=C(Nc1nc(-c2c(F)cccc2F)cs1)[C@H]1OCC[C@H]1Cn1ccnc1. The lowest BCUT2D eigenvalue weighted by molar-refractivity contribution is -0.126. The van der Waals surface area contributed by atoms with E-state index in [9.17, 15) is 13.6 Å². The van der Waals surface area contributed by atoms with E-state index in [-0.39, 0.29) is 28.2 Å². The molecule has 2 aromatic heterocycles. The highest BCUT2D eigenvalue weighted by molar-refractivity contribution is 7.14. The van der Waals surface area contributed by atoms with Crippen LogP contribution >= 0.6 is 11.3 Å². The van der Waals surface area contributed by atoms with Crippen LogP contribution in [0.25, 0.3) is 11.3 Å². The maximum atomic E-state index is 13.9. The molecule has 140 valence electrons. The molecule has 1 aromatic carbocycles. The van der Waals surface area contributed by atoms with E-state index in [1.807, 2.05) is 10.8 Å². The van der Waals surface area contributed by atoms with Crippen LogP contribution in [0.2, 0.25) is 0 Å². The van der Waals surface area contributed by atoms with Gasteiger partial charge in [-0.15, -0.1) is 11.3 Å². The molecular weight excluding hydrogens is 374 g/mol. The topological polar surface area (TPSA) is 69.0 Å². The minimum absolute atomic E-state index is 0.0163. The first-order chi connectivity index (χ1) is 13.1. The van der Waals surface area contributed by atoms with Crippen LogP contribution in [0.4, 0.5) is 13.9 Å². The average molecular weight is 390 g/mol. The molecule has 1 aliphatic heterocycles. The van der Waals surface area contributed by atoms with Crippen molar-refractivity contribution in [2.24, 2.45) is 5.92 Å². The van der Waals surface area contributed by atoms with E-state index in [0.717, 1.165) is 17.8 Å². The van der Waals surface area contributed by atoms with Gasteiger partial charge in [0.25, 0.3) is 5.91 Å². The van der Waals surface area contributed by atoms with Crippen LogP contribution in [0.15, 0.2) is 42.3 Å². The molecule has 0 saturated carbocycles. The molecule has 1 N–H and O–H groups in total. The molecule has 27 heavy (non-hydrogen) atoms. The predicted molar refractivity (Wildman–Crippen MR) is 96.2 cm³/mol. The highest BCUT2D eigenvalue weighted by atomic mass is 32.1. The first-order valence-electron chi connectivity index (χ1n) is 8.40. The number of imidazole rings is 1. The zero-order valence-corrected chi connectivity index (χ0v) is 15.0. The van der Waals surface area contributed by atoms with Gasteiger partial charge in [0.05, 0.1) is 17.6 Å². The van der Waals surface area contributed by atoms with Crippen molar-refractivity contribution in [3.63, 3.8) is 0 Å². The number of nitrogens with zero attached hydrogens (tertiary/aromatic N) is 3. The minimum Gasteiger partial charge on any atom is -0.368 e. The number of amides is 1. The van der Waals surface area contributed by atoms with Gasteiger partial charge in [-0.3, -0.25) is 10.1 Å².